The number of rotatable bonds is 2. The summed E-state index contributed by atoms with van der Waals surface area (Å²) in [6.07, 6.45) is 1.63. The second-order valence-corrected chi connectivity index (χ2v) is 3.84. The number of carbonyl (C=O) groups is 1. The molecule has 2 aromatic rings. The van der Waals surface area contributed by atoms with Gasteiger partial charge in [-0.1, -0.05) is 0 Å². The van der Waals surface area contributed by atoms with Gasteiger partial charge in [-0.15, -0.1) is 11.3 Å². The number of thiazole rings is 1. The molecule has 78 valence electrons. The Morgan fingerprint density at radius 3 is 3.00 bits per heavy atom. The highest BCUT2D eigenvalue weighted by Crippen LogP contribution is 2.14. The van der Waals surface area contributed by atoms with Crippen molar-refractivity contribution in [2.75, 3.05) is 11.1 Å². The van der Waals surface area contributed by atoms with Gasteiger partial charge < -0.3 is 11.1 Å². The fourth-order valence-corrected chi connectivity index (χ4v) is 1.59. The van der Waals surface area contributed by atoms with Crippen molar-refractivity contribution in [3.8, 4) is 0 Å². The number of aromatic amines is 1. The van der Waals surface area contributed by atoms with Crippen LogP contribution in [0.2, 0.25) is 0 Å². The Morgan fingerprint density at radius 2 is 2.47 bits per heavy atom. The van der Waals surface area contributed by atoms with Crippen LogP contribution in [0.5, 0.6) is 0 Å². The number of anilines is 2. The van der Waals surface area contributed by atoms with Gasteiger partial charge in [0.15, 0.2) is 5.13 Å². The minimum atomic E-state index is -0.296. The monoisotopic (exact) mass is 223 g/mol. The largest absolute Gasteiger partial charge is 0.375 e. The first-order chi connectivity index (χ1) is 7.16. The molecule has 7 heteroatoms. The molecule has 0 bridgehead atoms. The van der Waals surface area contributed by atoms with E-state index in [0.717, 1.165) is 5.56 Å². The lowest BCUT2D eigenvalue weighted by Crippen LogP contribution is -2.13. The maximum absolute atomic E-state index is 11.6. The number of nitrogens with two attached hydrogens (primary N) is 1. The predicted octanol–water partition coefficient (Wildman–Crippen LogP) is 1.01. The molecule has 0 saturated carbocycles. The van der Waals surface area contributed by atoms with Crippen LogP contribution in [0.15, 0.2) is 11.6 Å². The smallest absolute Gasteiger partial charge is 0.276 e. The van der Waals surface area contributed by atoms with E-state index in [2.05, 4.69) is 20.5 Å². The highest BCUT2D eigenvalue weighted by molar-refractivity contribution is 7.13. The maximum Gasteiger partial charge on any atom is 0.276 e. The van der Waals surface area contributed by atoms with Gasteiger partial charge in [0.25, 0.3) is 5.91 Å². The number of H-pyrrole nitrogens is 1. The number of nitrogens with zero attached hydrogens (tertiary/aromatic N) is 2. The quantitative estimate of drug-likeness (QED) is 0.707. The second kappa shape index (κ2) is 3.70. The lowest BCUT2D eigenvalue weighted by Gasteiger charge is -1.99. The van der Waals surface area contributed by atoms with Gasteiger partial charge in [-0.25, -0.2) is 4.98 Å². The minimum absolute atomic E-state index is 0.296. The zero-order valence-electron chi connectivity index (χ0n) is 7.94. The van der Waals surface area contributed by atoms with E-state index in [0.29, 0.717) is 16.6 Å². The number of aryl methyl sites for hydroxylation is 1. The van der Waals surface area contributed by atoms with Gasteiger partial charge in [-0.2, -0.15) is 5.10 Å². The topological polar surface area (TPSA) is 96.7 Å². The number of nitrogens with one attached hydrogen (secondary N) is 2. The van der Waals surface area contributed by atoms with Gasteiger partial charge in [0.2, 0.25) is 0 Å². The van der Waals surface area contributed by atoms with Crippen molar-refractivity contribution >= 4 is 28.2 Å². The summed E-state index contributed by atoms with van der Waals surface area (Å²) in [5.74, 6) is 0.280. The summed E-state index contributed by atoms with van der Waals surface area (Å²) in [7, 11) is 0. The molecule has 0 aromatic carbocycles. The summed E-state index contributed by atoms with van der Waals surface area (Å²) in [6.45, 7) is 1.84. The molecule has 0 aliphatic carbocycles. The van der Waals surface area contributed by atoms with Crippen molar-refractivity contribution in [1.82, 2.24) is 15.2 Å². The molecule has 0 atom stereocenters. The van der Waals surface area contributed by atoms with E-state index >= 15 is 0 Å². The molecule has 0 saturated heterocycles. The normalized spacial score (nSPS) is 10.2. The Labute approximate surface area is 89.5 Å². The molecule has 2 heterocycles. The lowest BCUT2D eigenvalue weighted by molar-refractivity contribution is 0.102. The number of hydrogen-bond acceptors (Lipinski definition) is 5. The Bertz CT molecular complexity index is 489. The average Bonchev–Trinajstić information content (AvgIpc) is 2.77. The van der Waals surface area contributed by atoms with E-state index in [9.17, 15) is 4.79 Å². The van der Waals surface area contributed by atoms with Gasteiger partial charge in [-0.05, 0) is 6.92 Å². The number of nitrogen functional groups attached to an aromatic ring is 1. The standard InChI is InChI=1S/C8H9N5OS/c1-4-2-10-13-6(4)12-7(14)5-3-15-8(9)11-5/h2-3H,1H3,(H2,9,11)(H2,10,12,13,14). The molecule has 0 spiro atoms. The van der Waals surface area contributed by atoms with Crippen molar-refractivity contribution < 1.29 is 4.79 Å². The van der Waals surface area contributed by atoms with Crippen molar-refractivity contribution in [2.24, 2.45) is 0 Å². The molecule has 0 fully saturated rings. The molecule has 1 amide bonds. The molecular formula is C8H9N5OS. The Hall–Kier alpha value is -1.89. The summed E-state index contributed by atoms with van der Waals surface area (Å²) < 4.78 is 0. The SMILES string of the molecule is Cc1cn[nH]c1NC(=O)c1csc(N)n1. The minimum Gasteiger partial charge on any atom is -0.375 e. The first kappa shape index (κ1) is 9.66. The van der Waals surface area contributed by atoms with Crippen molar-refractivity contribution in [2.45, 2.75) is 6.92 Å². The molecule has 0 aliphatic rings. The van der Waals surface area contributed by atoms with Crippen LogP contribution in [0.4, 0.5) is 10.9 Å². The van der Waals surface area contributed by atoms with Crippen LogP contribution in [0.25, 0.3) is 0 Å². The van der Waals surface area contributed by atoms with E-state index < -0.39 is 0 Å². The molecule has 0 aliphatic heterocycles. The van der Waals surface area contributed by atoms with Gasteiger partial charge in [0, 0.05) is 10.9 Å². The van der Waals surface area contributed by atoms with Crippen LogP contribution in [0.1, 0.15) is 16.1 Å². The zero-order chi connectivity index (χ0) is 10.8. The number of hydrogen-bond donors (Lipinski definition) is 3. The fraction of sp³-hybridized carbons (Fsp3) is 0.125. The van der Waals surface area contributed by atoms with Crippen molar-refractivity contribution in [1.29, 1.82) is 0 Å². The van der Waals surface area contributed by atoms with Gasteiger partial charge in [0.05, 0.1) is 6.20 Å². The molecular weight excluding hydrogens is 214 g/mol. The summed E-state index contributed by atoms with van der Waals surface area (Å²) in [4.78, 5) is 15.5. The van der Waals surface area contributed by atoms with Crippen LogP contribution < -0.4 is 11.1 Å². The van der Waals surface area contributed by atoms with Crippen LogP contribution in [0.3, 0.4) is 0 Å². The Morgan fingerprint density at radius 1 is 1.67 bits per heavy atom. The first-order valence-corrected chi connectivity index (χ1v) is 5.07. The average molecular weight is 223 g/mol. The lowest BCUT2D eigenvalue weighted by atomic mass is 10.3. The Balaban J connectivity index is 2.14. The van der Waals surface area contributed by atoms with E-state index in [4.69, 9.17) is 5.73 Å². The van der Waals surface area contributed by atoms with E-state index in [-0.39, 0.29) is 5.91 Å². The van der Waals surface area contributed by atoms with E-state index in [1.165, 1.54) is 11.3 Å². The van der Waals surface area contributed by atoms with Crippen molar-refractivity contribution in [3.63, 3.8) is 0 Å². The molecule has 0 radical (unpaired) electrons. The van der Waals surface area contributed by atoms with Crippen LogP contribution in [-0.2, 0) is 0 Å². The summed E-state index contributed by atoms with van der Waals surface area (Å²) in [5, 5.41) is 11.1. The third-order valence-electron chi connectivity index (χ3n) is 1.82. The fourth-order valence-electron chi connectivity index (χ4n) is 1.04. The van der Waals surface area contributed by atoms with Crippen LogP contribution in [-0.4, -0.2) is 21.1 Å². The Kier molecular flexibility index (Phi) is 2.38. The number of carbonyl (C=O) groups excluding carboxylic acids is 1. The van der Waals surface area contributed by atoms with Gasteiger partial charge in [0.1, 0.15) is 11.5 Å². The van der Waals surface area contributed by atoms with Crippen molar-refractivity contribution in [3.05, 3.63) is 22.8 Å². The van der Waals surface area contributed by atoms with Crippen LogP contribution >= 0.6 is 11.3 Å². The predicted molar refractivity (Wildman–Crippen MR) is 57.8 cm³/mol. The third kappa shape index (κ3) is 1.96. The molecule has 2 rings (SSSR count). The van der Waals surface area contributed by atoms with Crippen LogP contribution in [0, 0.1) is 6.92 Å². The first-order valence-electron chi connectivity index (χ1n) is 4.19. The van der Waals surface area contributed by atoms with E-state index in [1.54, 1.807) is 11.6 Å². The van der Waals surface area contributed by atoms with Gasteiger partial charge in [-0.3, -0.25) is 9.89 Å². The molecule has 0 unspecified atom stereocenters. The summed E-state index contributed by atoms with van der Waals surface area (Å²) >= 11 is 1.23. The van der Waals surface area contributed by atoms with Gasteiger partial charge >= 0.3 is 0 Å². The molecule has 15 heavy (non-hydrogen) atoms. The maximum atomic E-state index is 11.6. The highest BCUT2D eigenvalue weighted by atomic mass is 32.1. The molecule has 4 N–H and O–H groups in total. The third-order valence-corrected chi connectivity index (χ3v) is 2.50. The second-order valence-electron chi connectivity index (χ2n) is 2.95. The number of aromatic nitrogens is 3. The molecule has 6 nitrogen and oxygen atoms in total. The highest BCUT2D eigenvalue weighted by Gasteiger charge is 2.11. The zero-order valence-corrected chi connectivity index (χ0v) is 8.76. The summed E-state index contributed by atoms with van der Waals surface area (Å²) in [5.41, 5.74) is 6.61. The summed E-state index contributed by atoms with van der Waals surface area (Å²) in [6, 6.07) is 0. The number of amides is 1. The van der Waals surface area contributed by atoms with E-state index in [1.807, 2.05) is 6.92 Å². The molecule has 2 aromatic heterocycles.